The number of thioether (sulfide) groups is 1. The molecule has 1 aromatic heterocycles. The summed E-state index contributed by atoms with van der Waals surface area (Å²) in [6, 6.07) is 4.09. The van der Waals surface area contributed by atoms with Gasteiger partial charge < -0.3 is 10.4 Å². The first kappa shape index (κ1) is 18.0. The second-order valence-electron chi connectivity index (χ2n) is 4.92. The molecule has 1 heterocycles. The van der Waals surface area contributed by atoms with E-state index in [1.807, 2.05) is 11.4 Å². The zero-order valence-corrected chi connectivity index (χ0v) is 14.0. The van der Waals surface area contributed by atoms with E-state index in [4.69, 9.17) is 5.11 Å². The fourth-order valence-electron chi connectivity index (χ4n) is 1.99. The molecule has 0 aliphatic heterocycles. The Hall–Kier alpha value is -1.01. The molecule has 1 rings (SSSR count). The van der Waals surface area contributed by atoms with Gasteiger partial charge in [0.25, 0.3) is 0 Å². The van der Waals surface area contributed by atoms with Crippen LogP contribution in [0.15, 0.2) is 17.5 Å². The number of carboxylic acid groups (broad SMARTS) is 1. The number of carbonyl (C=O) groups is 2. The highest BCUT2D eigenvalue weighted by molar-refractivity contribution is 7.99. The SMILES string of the molecule is CCC(CCNC(=O)CSCc1cccs1)CCC(=O)O. The maximum Gasteiger partial charge on any atom is 0.303 e. The van der Waals surface area contributed by atoms with Gasteiger partial charge in [0.05, 0.1) is 5.75 Å². The van der Waals surface area contributed by atoms with Gasteiger partial charge in [-0.05, 0) is 30.2 Å². The van der Waals surface area contributed by atoms with Gasteiger partial charge in [-0.1, -0.05) is 19.4 Å². The average Bonchev–Trinajstić information content (AvgIpc) is 2.95. The molecule has 0 bridgehead atoms. The molecule has 118 valence electrons. The lowest BCUT2D eigenvalue weighted by Gasteiger charge is -2.13. The predicted molar refractivity (Wildman–Crippen MR) is 88.8 cm³/mol. The van der Waals surface area contributed by atoms with Crippen LogP contribution in [-0.2, 0) is 15.3 Å². The first-order valence-corrected chi connectivity index (χ1v) is 9.23. The minimum absolute atomic E-state index is 0.0599. The van der Waals surface area contributed by atoms with Crippen molar-refractivity contribution in [3.05, 3.63) is 22.4 Å². The van der Waals surface area contributed by atoms with Crippen LogP contribution in [-0.4, -0.2) is 29.3 Å². The summed E-state index contributed by atoms with van der Waals surface area (Å²) in [5, 5.41) is 13.6. The zero-order valence-electron chi connectivity index (χ0n) is 12.3. The fraction of sp³-hybridized carbons (Fsp3) is 0.600. The highest BCUT2D eigenvalue weighted by Crippen LogP contribution is 2.17. The number of carboxylic acids is 1. The lowest BCUT2D eigenvalue weighted by Crippen LogP contribution is -2.27. The van der Waals surface area contributed by atoms with Crippen LogP contribution < -0.4 is 5.32 Å². The Balaban J connectivity index is 2.07. The van der Waals surface area contributed by atoms with Crippen molar-refractivity contribution in [2.75, 3.05) is 12.3 Å². The molecule has 1 aromatic rings. The van der Waals surface area contributed by atoms with Gasteiger partial charge in [0.15, 0.2) is 0 Å². The van der Waals surface area contributed by atoms with Crippen molar-refractivity contribution in [1.29, 1.82) is 0 Å². The van der Waals surface area contributed by atoms with Crippen LogP contribution >= 0.6 is 23.1 Å². The van der Waals surface area contributed by atoms with E-state index in [9.17, 15) is 9.59 Å². The minimum Gasteiger partial charge on any atom is -0.481 e. The summed E-state index contributed by atoms with van der Waals surface area (Å²) >= 11 is 3.33. The van der Waals surface area contributed by atoms with E-state index in [2.05, 4.69) is 18.3 Å². The van der Waals surface area contributed by atoms with Crippen molar-refractivity contribution in [1.82, 2.24) is 5.32 Å². The van der Waals surface area contributed by atoms with Gasteiger partial charge in [0.1, 0.15) is 0 Å². The maximum atomic E-state index is 11.7. The summed E-state index contributed by atoms with van der Waals surface area (Å²) in [7, 11) is 0. The quantitative estimate of drug-likeness (QED) is 0.653. The molecule has 2 N–H and O–H groups in total. The highest BCUT2D eigenvalue weighted by Gasteiger charge is 2.09. The van der Waals surface area contributed by atoms with Crippen molar-refractivity contribution >= 4 is 35.0 Å². The average molecular weight is 329 g/mol. The van der Waals surface area contributed by atoms with Crippen LogP contribution in [0.2, 0.25) is 0 Å². The minimum atomic E-state index is -0.748. The third-order valence-electron chi connectivity index (χ3n) is 3.28. The molecule has 0 aliphatic rings. The molecule has 0 spiro atoms. The van der Waals surface area contributed by atoms with Crippen molar-refractivity contribution in [3.8, 4) is 0 Å². The van der Waals surface area contributed by atoms with Gasteiger partial charge in [-0.2, -0.15) is 0 Å². The highest BCUT2D eigenvalue weighted by atomic mass is 32.2. The molecular weight excluding hydrogens is 306 g/mol. The van der Waals surface area contributed by atoms with Crippen molar-refractivity contribution < 1.29 is 14.7 Å². The summed E-state index contributed by atoms with van der Waals surface area (Å²) in [5.74, 6) is 1.04. The number of rotatable bonds is 11. The molecular formula is C15H23NO3S2. The Labute approximate surface area is 134 Å². The number of nitrogens with one attached hydrogen (secondary N) is 1. The second kappa shape index (κ2) is 10.7. The lowest BCUT2D eigenvalue weighted by molar-refractivity contribution is -0.137. The van der Waals surface area contributed by atoms with Crippen LogP contribution in [0.25, 0.3) is 0 Å². The number of hydrogen-bond donors (Lipinski definition) is 2. The molecule has 0 saturated heterocycles. The summed E-state index contributed by atoms with van der Waals surface area (Å²) < 4.78 is 0. The number of carbonyl (C=O) groups excluding carboxylic acids is 1. The molecule has 0 aliphatic carbocycles. The van der Waals surface area contributed by atoms with E-state index in [0.717, 1.165) is 18.6 Å². The zero-order chi connectivity index (χ0) is 15.5. The normalized spacial score (nSPS) is 12.0. The summed E-state index contributed by atoms with van der Waals surface area (Å²) in [6.45, 7) is 2.70. The Morgan fingerprint density at radius 2 is 2.24 bits per heavy atom. The molecule has 0 aromatic carbocycles. The number of amides is 1. The van der Waals surface area contributed by atoms with Crippen molar-refractivity contribution in [2.24, 2.45) is 5.92 Å². The third-order valence-corrected chi connectivity index (χ3v) is 5.32. The summed E-state index contributed by atoms with van der Waals surface area (Å²) in [5.41, 5.74) is 0. The van der Waals surface area contributed by atoms with Crippen molar-refractivity contribution in [3.63, 3.8) is 0 Å². The standard InChI is InChI=1S/C15H23NO3S2/c1-2-12(5-6-15(18)19)7-8-16-14(17)11-20-10-13-4-3-9-21-13/h3-4,9,12H,2,5-8,10-11H2,1H3,(H,16,17)(H,18,19). The van der Waals surface area contributed by atoms with Crippen LogP contribution in [0.4, 0.5) is 0 Å². The Morgan fingerprint density at radius 3 is 2.86 bits per heavy atom. The molecule has 0 fully saturated rings. The lowest BCUT2D eigenvalue weighted by atomic mass is 9.97. The van der Waals surface area contributed by atoms with Gasteiger partial charge in [-0.3, -0.25) is 9.59 Å². The fourth-order valence-corrected chi connectivity index (χ4v) is 3.68. The molecule has 1 amide bonds. The van der Waals surface area contributed by atoms with Crippen LogP contribution in [0, 0.1) is 5.92 Å². The smallest absolute Gasteiger partial charge is 0.303 e. The number of hydrogen-bond acceptors (Lipinski definition) is 4. The van der Waals surface area contributed by atoms with Gasteiger partial charge in [0.2, 0.25) is 5.91 Å². The Kier molecular flexibility index (Phi) is 9.17. The second-order valence-corrected chi connectivity index (χ2v) is 6.94. The third kappa shape index (κ3) is 8.78. The molecule has 1 atom stereocenters. The van der Waals surface area contributed by atoms with E-state index >= 15 is 0 Å². The molecule has 4 nitrogen and oxygen atoms in total. The topological polar surface area (TPSA) is 66.4 Å². The van der Waals surface area contributed by atoms with Crippen LogP contribution in [0.1, 0.15) is 37.5 Å². The first-order chi connectivity index (χ1) is 10.1. The van der Waals surface area contributed by atoms with E-state index in [-0.39, 0.29) is 12.3 Å². The molecule has 0 radical (unpaired) electrons. The van der Waals surface area contributed by atoms with E-state index < -0.39 is 5.97 Å². The Bertz CT molecular complexity index is 421. The molecule has 0 saturated carbocycles. The largest absolute Gasteiger partial charge is 0.481 e. The Morgan fingerprint density at radius 1 is 1.43 bits per heavy atom. The van der Waals surface area contributed by atoms with E-state index in [1.165, 1.54) is 4.88 Å². The van der Waals surface area contributed by atoms with Gasteiger partial charge >= 0.3 is 5.97 Å². The number of thiophene rings is 1. The van der Waals surface area contributed by atoms with Crippen molar-refractivity contribution in [2.45, 2.75) is 38.4 Å². The van der Waals surface area contributed by atoms with Gasteiger partial charge in [0, 0.05) is 23.6 Å². The molecule has 6 heteroatoms. The van der Waals surface area contributed by atoms with Crippen LogP contribution in [0.5, 0.6) is 0 Å². The number of aliphatic carboxylic acids is 1. The summed E-state index contributed by atoms with van der Waals surface area (Å²) in [6.07, 6.45) is 2.71. The first-order valence-electron chi connectivity index (χ1n) is 7.20. The van der Waals surface area contributed by atoms with Gasteiger partial charge in [-0.15, -0.1) is 23.1 Å². The molecule has 1 unspecified atom stereocenters. The monoisotopic (exact) mass is 329 g/mol. The van der Waals surface area contributed by atoms with Gasteiger partial charge in [-0.25, -0.2) is 0 Å². The summed E-state index contributed by atoms with van der Waals surface area (Å²) in [4.78, 5) is 23.5. The predicted octanol–water partition coefficient (Wildman–Crippen LogP) is 3.38. The van der Waals surface area contributed by atoms with E-state index in [1.54, 1.807) is 23.1 Å². The maximum absolute atomic E-state index is 11.7. The van der Waals surface area contributed by atoms with E-state index in [0.29, 0.717) is 24.6 Å². The van der Waals surface area contributed by atoms with Crippen LogP contribution in [0.3, 0.4) is 0 Å². The molecule has 21 heavy (non-hydrogen) atoms.